The molecule has 1 aromatic heterocycles. The summed E-state index contributed by atoms with van der Waals surface area (Å²) in [6.07, 6.45) is 0. The van der Waals surface area contributed by atoms with Crippen LogP contribution in [0.2, 0.25) is 0 Å². The van der Waals surface area contributed by atoms with Crippen molar-refractivity contribution in [2.45, 2.75) is 26.4 Å². The Bertz CT molecular complexity index is 490. The molecule has 1 aromatic carbocycles. The number of nitrogens with one attached hydrogen (secondary N) is 1. The molecule has 1 heterocycles. The maximum Gasteiger partial charge on any atom is 0.0468 e. The van der Waals surface area contributed by atoms with Crippen LogP contribution in [0.25, 0.3) is 0 Å². The van der Waals surface area contributed by atoms with Gasteiger partial charge in [-0.2, -0.15) is 0 Å². The van der Waals surface area contributed by atoms with E-state index >= 15 is 0 Å². The molecular weight excluding hydrogens is 228 g/mol. The van der Waals surface area contributed by atoms with Crippen molar-refractivity contribution in [3.63, 3.8) is 0 Å². The molecule has 1 atom stereocenters. The summed E-state index contributed by atoms with van der Waals surface area (Å²) in [5.41, 5.74) is 9.37. The van der Waals surface area contributed by atoms with E-state index < -0.39 is 0 Å². The Morgan fingerprint density at radius 3 is 2.82 bits per heavy atom. The third-order valence-electron chi connectivity index (χ3n) is 2.89. The fourth-order valence-corrected chi connectivity index (χ4v) is 2.55. The molecule has 90 valence electrons. The second kappa shape index (κ2) is 5.34. The number of rotatable bonds is 4. The van der Waals surface area contributed by atoms with E-state index in [2.05, 4.69) is 43.4 Å². The lowest BCUT2D eigenvalue weighted by Gasteiger charge is -2.14. The molecule has 0 aliphatic carbocycles. The van der Waals surface area contributed by atoms with Gasteiger partial charge in [-0.05, 0) is 30.9 Å². The van der Waals surface area contributed by atoms with Crippen LogP contribution in [0, 0.1) is 6.92 Å². The number of hydrogen-bond donors (Lipinski definition) is 2. The van der Waals surface area contributed by atoms with E-state index in [1.807, 2.05) is 11.4 Å². The fourth-order valence-electron chi connectivity index (χ4n) is 1.80. The van der Waals surface area contributed by atoms with E-state index in [4.69, 9.17) is 5.73 Å². The Morgan fingerprint density at radius 1 is 1.35 bits per heavy atom. The zero-order valence-electron chi connectivity index (χ0n) is 10.2. The summed E-state index contributed by atoms with van der Waals surface area (Å²) in [6.45, 7) is 5.13. The second-order valence-corrected chi connectivity index (χ2v) is 5.32. The molecule has 17 heavy (non-hydrogen) atoms. The lowest BCUT2D eigenvalue weighted by atomic mass is 10.1. The third-order valence-corrected chi connectivity index (χ3v) is 3.83. The molecule has 0 saturated heterocycles. The van der Waals surface area contributed by atoms with Gasteiger partial charge in [0.1, 0.15) is 0 Å². The average Bonchev–Trinajstić information content (AvgIpc) is 2.72. The van der Waals surface area contributed by atoms with Crippen LogP contribution in [-0.2, 0) is 6.54 Å². The Kier molecular flexibility index (Phi) is 3.82. The van der Waals surface area contributed by atoms with Gasteiger partial charge in [0.05, 0.1) is 0 Å². The fraction of sp³-hybridized carbons (Fsp3) is 0.286. The van der Waals surface area contributed by atoms with Gasteiger partial charge in [0, 0.05) is 23.2 Å². The van der Waals surface area contributed by atoms with Crippen LogP contribution < -0.4 is 11.1 Å². The molecule has 0 fully saturated rings. The molecule has 2 nitrogen and oxygen atoms in total. The largest absolute Gasteiger partial charge is 0.398 e. The van der Waals surface area contributed by atoms with Gasteiger partial charge in [-0.1, -0.05) is 29.8 Å². The van der Waals surface area contributed by atoms with E-state index in [-0.39, 0.29) is 0 Å². The number of nitrogen functional groups attached to an aromatic ring is 1. The highest BCUT2D eigenvalue weighted by Crippen LogP contribution is 2.20. The minimum atomic E-state index is 0.344. The van der Waals surface area contributed by atoms with Crippen molar-refractivity contribution in [2.24, 2.45) is 0 Å². The highest BCUT2D eigenvalue weighted by molar-refractivity contribution is 7.10. The first-order chi connectivity index (χ1) is 8.16. The Labute approximate surface area is 106 Å². The number of anilines is 1. The standard InChI is InChI=1S/C14H18N2S/c1-10-4-3-5-12(8-10)11(2)16-9-14-13(15)6-7-17-14/h3-8,11,16H,9,15H2,1-2H3/t11-/m0/s1. The smallest absolute Gasteiger partial charge is 0.0468 e. The molecule has 2 rings (SSSR count). The van der Waals surface area contributed by atoms with Crippen molar-refractivity contribution >= 4 is 17.0 Å². The van der Waals surface area contributed by atoms with E-state index in [0.717, 1.165) is 12.2 Å². The van der Waals surface area contributed by atoms with E-state index in [1.54, 1.807) is 11.3 Å². The quantitative estimate of drug-likeness (QED) is 0.866. The van der Waals surface area contributed by atoms with Crippen molar-refractivity contribution in [1.29, 1.82) is 0 Å². The van der Waals surface area contributed by atoms with E-state index in [9.17, 15) is 0 Å². The van der Waals surface area contributed by atoms with Crippen molar-refractivity contribution in [1.82, 2.24) is 5.32 Å². The molecule has 0 radical (unpaired) electrons. The van der Waals surface area contributed by atoms with Gasteiger partial charge in [0.25, 0.3) is 0 Å². The topological polar surface area (TPSA) is 38.0 Å². The van der Waals surface area contributed by atoms with Crippen LogP contribution in [0.5, 0.6) is 0 Å². The summed E-state index contributed by atoms with van der Waals surface area (Å²) < 4.78 is 0. The van der Waals surface area contributed by atoms with Crippen LogP contribution in [-0.4, -0.2) is 0 Å². The number of aryl methyl sites for hydroxylation is 1. The first-order valence-corrected chi connectivity index (χ1v) is 6.66. The minimum absolute atomic E-state index is 0.344. The molecule has 0 saturated carbocycles. The Balaban J connectivity index is 1.98. The molecule has 0 amide bonds. The predicted molar refractivity (Wildman–Crippen MR) is 75.2 cm³/mol. The average molecular weight is 246 g/mol. The zero-order valence-corrected chi connectivity index (χ0v) is 11.1. The Hall–Kier alpha value is -1.32. The predicted octanol–water partition coefficient (Wildman–Crippen LogP) is 3.49. The highest BCUT2D eigenvalue weighted by atomic mass is 32.1. The van der Waals surface area contributed by atoms with Crippen LogP contribution >= 0.6 is 11.3 Å². The first kappa shape index (κ1) is 12.1. The summed E-state index contributed by atoms with van der Waals surface area (Å²) in [7, 11) is 0. The van der Waals surface area contributed by atoms with Crippen molar-refractivity contribution in [3.8, 4) is 0 Å². The molecule has 0 aliphatic heterocycles. The van der Waals surface area contributed by atoms with Gasteiger partial charge in [-0.3, -0.25) is 0 Å². The monoisotopic (exact) mass is 246 g/mol. The van der Waals surface area contributed by atoms with E-state index in [1.165, 1.54) is 16.0 Å². The van der Waals surface area contributed by atoms with Crippen LogP contribution in [0.3, 0.4) is 0 Å². The molecule has 3 N–H and O–H groups in total. The lowest BCUT2D eigenvalue weighted by molar-refractivity contribution is 0.579. The molecule has 3 heteroatoms. The van der Waals surface area contributed by atoms with Gasteiger partial charge >= 0.3 is 0 Å². The van der Waals surface area contributed by atoms with Crippen molar-refractivity contribution in [3.05, 3.63) is 51.7 Å². The Morgan fingerprint density at radius 2 is 2.18 bits per heavy atom. The first-order valence-electron chi connectivity index (χ1n) is 5.78. The van der Waals surface area contributed by atoms with Gasteiger partial charge in [-0.15, -0.1) is 11.3 Å². The van der Waals surface area contributed by atoms with Gasteiger partial charge in [0.15, 0.2) is 0 Å². The summed E-state index contributed by atoms with van der Waals surface area (Å²) in [6, 6.07) is 10.9. The normalized spacial score (nSPS) is 12.6. The summed E-state index contributed by atoms with van der Waals surface area (Å²) in [4.78, 5) is 1.21. The molecule has 2 aromatic rings. The number of hydrogen-bond acceptors (Lipinski definition) is 3. The van der Waals surface area contributed by atoms with Crippen LogP contribution in [0.4, 0.5) is 5.69 Å². The van der Waals surface area contributed by atoms with Gasteiger partial charge in [-0.25, -0.2) is 0 Å². The molecule has 0 bridgehead atoms. The van der Waals surface area contributed by atoms with Crippen LogP contribution in [0.1, 0.15) is 29.0 Å². The molecular formula is C14H18N2S. The second-order valence-electron chi connectivity index (χ2n) is 4.32. The van der Waals surface area contributed by atoms with Crippen LogP contribution in [0.15, 0.2) is 35.7 Å². The molecule has 0 spiro atoms. The van der Waals surface area contributed by atoms with Crippen molar-refractivity contribution < 1.29 is 0 Å². The summed E-state index contributed by atoms with van der Waals surface area (Å²) in [5, 5.41) is 5.53. The van der Waals surface area contributed by atoms with E-state index in [0.29, 0.717) is 6.04 Å². The number of thiophene rings is 1. The van der Waals surface area contributed by atoms with Gasteiger partial charge in [0.2, 0.25) is 0 Å². The highest BCUT2D eigenvalue weighted by Gasteiger charge is 2.06. The SMILES string of the molecule is Cc1cccc([C@H](C)NCc2sccc2N)c1. The summed E-state index contributed by atoms with van der Waals surface area (Å²) in [5.74, 6) is 0. The maximum atomic E-state index is 5.86. The third kappa shape index (κ3) is 3.08. The molecule has 0 aliphatic rings. The maximum absolute atomic E-state index is 5.86. The molecule has 0 unspecified atom stereocenters. The minimum Gasteiger partial charge on any atom is -0.398 e. The van der Waals surface area contributed by atoms with Gasteiger partial charge < -0.3 is 11.1 Å². The summed E-state index contributed by atoms with van der Waals surface area (Å²) >= 11 is 1.70. The lowest BCUT2D eigenvalue weighted by Crippen LogP contribution is -2.18. The number of benzene rings is 1. The van der Waals surface area contributed by atoms with Crippen molar-refractivity contribution in [2.75, 3.05) is 5.73 Å². The number of nitrogens with two attached hydrogens (primary N) is 1. The zero-order chi connectivity index (χ0) is 12.3.